The summed E-state index contributed by atoms with van der Waals surface area (Å²) in [5.74, 6) is 2.55. The Morgan fingerprint density at radius 2 is 1.48 bits per heavy atom. The average molecular weight is 440 g/mol. The molecule has 2 saturated carbocycles. The van der Waals surface area contributed by atoms with E-state index in [0.29, 0.717) is 12.1 Å². The van der Waals surface area contributed by atoms with Crippen molar-refractivity contribution in [1.82, 2.24) is 19.7 Å². The predicted molar refractivity (Wildman–Crippen MR) is 131 cm³/mol. The van der Waals surface area contributed by atoms with E-state index in [-0.39, 0.29) is 0 Å². The maximum absolute atomic E-state index is 5.99. The van der Waals surface area contributed by atoms with Crippen molar-refractivity contribution < 1.29 is 4.74 Å². The van der Waals surface area contributed by atoms with Gasteiger partial charge < -0.3 is 10.1 Å². The van der Waals surface area contributed by atoms with Crippen molar-refractivity contribution >= 4 is 16.9 Å². The summed E-state index contributed by atoms with van der Waals surface area (Å²) < 4.78 is 8.15. The number of nitrogens with one attached hydrogen (secondary N) is 1. The minimum absolute atomic E-state index is 0.413. The average Bonchev–Trinajstić information content (AvgIpc) is 3.62. The smallest absolute Gasteiger partial charge is 0.164 e. The molecule has 2 aliphatic carbocycles. The topological polar surface area (TPSA) is 64.9 Å². The van der Waals surface area contributed by atoms with E-state index in [4.69, 9.17) is 14.8 Å². The van der Waals surface area contributed by atoms with Gasteiger partial charge in [-0.25, -0.2) is 14.6 Å². The van der Waals surface area contributed by atoms with Gasteiger partial charge in [0.25, 0.3) is 0 Å². The van der Waals surface area contributed by atoms with Crippen LogP contribution in [0.15, 0.2) is 60.9 Å². The first-order valence-electron chi connectivity index (χ1n) is 12.2. The molecular formula is C27H29N5O. The number of nitrogens with zero attached hydrogens (tertiary/aromatic N) is 4. The van der Waals surface area contributed by atoms with Gasteiger partial charge in [0.1, 0.15) is 29.3 Å². The van der Waals surface area contributed by atoms with Crippen LogP contribution in [0.4, 0.5) is 5.82 Å². The van der Waals surface area contributed by atoms with Crippen molar-refractivity contribution in [2.45, 2.75) is 63.5 Å². The molecule has 33 heavy (non-hydrogen) atoms. The minimum Gasteiger partial charge on any atom is -0.457 e. The number of ether oxygens (including phenoxy) is 1. The highest BCUT2D eigenvalue weighted by atomic mass is 16.5. The van der Waals surface area contributed by atoms with E-state index in [1.165, 1.54) is 38.5 Å². The summed E-state index contributed by atoms with van der Waals surface area (Å²) in [7, 11) is 0. The molecule has 0 amide bonds. The Morgan fingerprint density at radius 1 is 0.788 bits per heavy atom. The zero-order valence-electron chi connectivity index (χ0n) is 18.8. The van der Waals surface area contributed by atoms with E-state index in [2.05, 4.69) is 27.1 Å². The molecule has 2 aromatic heterocycles. The Morgan fingerprint density at radius 3 is 2.24 bits per heavy atom. The summed E-state index contributed by atoms with van der Waals surface area (Å²) in [5.41, 5.74) is 2.95. The second kappa shape index (κ2) is 8.85. The third kappa shape index (κ3) is 4.06. The standard InChI is InChI=1S/C27H29N5O/c1-2-12-22(13-3-1)33-23-16-14-19(15-17-23)25-24-26(30-20-8-4-5-9-20)28-18-29-27(24)32(31-25)21-10-6-7-11-21/h1-3,12-18,20-21H,4-11H2,(H,28,29,30). The third-order valence-corrected chi connectivity index (χ3v) is 6.96. The van der Waals surface area contributed by atoms with Crippen LogP contribution in [0.3, 0.4) is 0 Å². The van der Waals surface area contributed by atoms with Gasteiger partial charge in [-0.3, -0.25) is 0 Å². The maximum Gasteiger partial charge on any atom is 0.164 e. The molecule has 168 valence electrons. The molecule has 6 rings (SSSR count). The fourth-order valence-corrected chi connectivity index (χ4v) is 5.26. The normalized spacial score (nSPS) is 17.1. The van der Waals surface area contributed by atoms with E-state index < -0.39 is 0 Å². The van der Waals surface area contributed by atoms with E-state index >= 15 is 0 Å². The lowest BCUT2D eigenvalue weighted by atomic mass is 10.1. The van der Waals surface area contributed by atoms with Gasteiger partial charge in [0.05, 0.1) is 11.4 Å². The molecular weight excluding hydrogens is 410 g/mol. The molecule has 4 aromatic rings. The Kier molecular flexibility index (Phi) is 5.42. The van der Waals surface area contributed by atoms with Crippen LogP contribution < -0.4 is 10.1 Å². The van der Waals surface area contributed by atoms with Gasteiger partial charge in [-0.15, -0.1) is 0 Å². The van der Waals surface area contributed by atoms with Crippen molar-refractivity contribution in [2.75, 3.05) is 5.32 Å². The molecule has 6 nitrogen and oxygen atoms in total. The summed E-state index contributed by atoms with van der Waals surface area (Å²) >= 11 is 0. The molecule has 2 aromatic carbocycles. The highest BCUT2D eigenvalue weighted by molar-refractivity contribution is 5.99. The fraction of sp³-hybridized carbons (Fsp3) is 0.370. The second-order valence-corrected chi connectivity index (χ2v) is 9.22. The first-order chi connectivity index (χ1) is 16.3. The lowest BCUT2D eigenvalue weighted by molar-refractivity contribution is 0.479. The molecule has 2 fully saturated rings. The number of hydrogen-bond acceptors (Lipinski definition) is 5. The molecule has 0 unspecified atom stereocenters. The maximum atomic E-state index is 5.99. The minimum atomic E-state index is 0.413. The summed E-state index contributed by atoms with van der Waals surface area (Å²) in [4.78, 5) is 9.37. The number of hydrogen-bond donors (Lipinski definition) is 1. The molecule has 2 heterocycles. The van der Waals surface area contributed by atoms with Crippen LogP contribution in [0.25, 0.3) is 22.3 Å². The van der Waals surface area contributed by atoms with Crippen LogP contribution in [0.2, 0.25) is 0 Å². The molecule has 0 atom stereocenters. The fourth-order valence-electron chi connectivity index (χ4n) is 5.26. The van der Waals surface area contributed by atoms with Crippen molar-refractivity contribution in [3.05, 3.63) is 60.9 Å². The van der Waals surface area contributed by atoms with E-state index in [1.54, 1.807) is 6.33 Å². The Balaban J connectivity index is 1.40. The Labute approximate surface area is 194 Å². The van der Waals surface area contributed by atoms with Crippen molar-refractivity contribution in [2.24, 2.45) is 0 Å². The monoisotopic (exact) mass is 439 g/mol. The van der Waals surface area contributed by atoms with Crippen LogP contribution in [-0.2, 0) is 0 Å². The lowest BCUT2D eigenvalue weighted by Gasteiger charge is -2.14. The SMILES string of the molecule is c1ccc(Oc2ccc(-c3nn(C4CCCC4)c4ncnc(NC5CCCC5)c34)cc2)cc1. The van der Waals surface area contributed by atoms with Crippen LogP contribution in [0, 0.1) is 0 Å². The number of aromatic nitrogens is 4. The van der Waals surface area contributed by atoms with Gasteiger partial charge in [-0.1, -0.05) is 43.9 Å². The highest BCUT2D eigenvalue weighted by Crippen LogP contribution is 2.38. The van der Waals surface area contributed by atoms with Gasteiger partial charge >= 0.3 is 0 Å². The van der Waals surface area contributed by atoms with Gasteiger partial charge in [-0.2, -0.15) is 5.10 Å². The Bertz CT molecular complexity index is 1220. The number of para-hydroxylation sites is 1. The van der Waals surface area contributed by atoms with Crippen LogP contribution in [0.5, 0.6) is 11.5 Å². The van der Waals surface area contributed by atoms with Crippen LogP contribution in [-0.4, -0.2) is 25.8 Å². The van der Waals surface area contributed by atoms with Gasteiger partial charge in [-0.05, 0) is 62.1 Å². The second-order valence-electron chi connectivity index (χ2n) is 9.22. The molecule has 0 bridgehead atoms. The molecule has 0 spiro atoms. The summed E-state index contributed by atoms with van der Waals surface area (Å²) in [6.07, 6.45) is 11.5. The predicted octanol–water partition coefficient (Wildman–Crippen LogP) is 6.76. The molecule has 0 aliphatic heterocycles. The van der Waals surface area contributed by atoms with Crippen molar-refractivity contribution in [1.29, 1.82) is 0 Å². The summed E-state index contributed by atoms with van der Waals surface area (Å²) in [6.45, 7) is 0. The first-order valence-corrected chi connectivity index (χ1v) is 12.2. The molecule has 6 heteroatoms. The summed E-state index contributed by atoms with van der Waals surface area (Å²) in [5, 5.41) is 9.87. The zero-order valence-corrected chi connectivity index (χ0v) is 18.8. The Hall–Kier alpha value is -3.41. The number of rotatable bonds is 6. The number of anilines is 1. The van der Waals surface area contributed by atoms with Crippen molar-refractivity contribution in [3.8, 4) is 22.8 Å². The van der Waals surface area contributed by atoms with Crippen molar-refractivity contribution in [3.63, 3.8) is 0 Å². The number of benzene rings is 2. The quantitative estimate of drug-likeness (QED) is 0.360. The summed E-state index contributed by atoms with van der Waals surface area (Å²) in [6, 6.07) is 19.0. The van der Waals surface area contributed by atoms with Gasteiger partial charge in [0.15, 0.2) is 5.65 Å². The van der Waals surface area contributed by atoms with E-state index in [9.17, 15) is 0 Å². The van der Waals surface area contributed by atoms with E-state index in [1.807, 2.05) is 42.5 Å². The van der Waals surface area contributed by atoms with E-state index in [0.717, 1.165) is 52.4 Å². The van der Waals surface area contributed by atoms with Crippen LogP contribution in [0.1, 0.15) is 57.4 Å². The lowest BCUT2D eigenvalue weighted by Crippen LogP contribution is -2.16. The van der Waals surface area contributed by atoms with Gasteiger partial charge in [0, 0.05) is 11.6 Å². The molecule has 1 N–H and O–H groups in total. The third-order valence-electron chi connectivity index (χ3n) is 6.96. The zero-order chi connectivity index (χ0) is 22.0. The highest BCUT2D eigenvalue weighted by Gasteiger charge is 2.26. The molecule has 0 radical (unpaired) electrons. The first kappa shape index (κ1) is 20.2. The number of fused-ring (bicyclic) bond motifs is 1. The van der Waals surface area contributed by atoms with Crippen LogP contribution >= 0.6 is 0 Å². The largest absolute Gasteiger partial charge is 0.457 e. The van der Waals surface area contributed by atoms with Gasteiger partial charge in [0.2, 0.25) is 0 Å². The molecule has 2 aliphatic rings. The molecule has 0 saturated heterocycles.